The van der Waals surface area contributed by atoms with Crippen molar-refractivity contribution in [2.45, 2.75) is 52.4 Å². The molecule has 0 saturated heterocycles. The Kier molecular flexibility index (Phi) is 5.21. The molecule has 2 heteroatoms. The van der Waals surface area contributed by atoms with E-state index in [-0.39, 0.29) is 71.7 Å². The molecule has 0 bridgehead atoms. The number of aromatic nitrogens is 2. The SMILES string of the molecule is [2H]c1c([2H])c([2H])c2c(c1[2H])c(C(C)(C)C)c([2H])n2-c1ccc(-c2c3ccccc3c(-c3ccc(-n4c([2H])c(C(C)(C)C)c5c([2H])c([2H])c([2H])c([2H])c54)cc3)c3ccccc23)cc1. The third-order valence-corrected chi connectivity index (χ3v) is 9.99. The van der Waals surface area contributed by atoms with Gasteiger partial charge >= 0.3 is 0 Å². The second kappa shape index (κ2) is 11.9. The Morgan fingerprint density at radius 3 is 1.06 bits per heavy atom. The zero-order valence-electron chi connectivity index (χ0n) is 40.1. The summed E-state index contributed by atoms with van der Waals surface area (Å²) in [6, 6.07) is 30.2. The minimum atomic E-state index is -0.563. The van der Waals surface area contributed by atoms with E-state index in [1.54, 1.807) is 9.13 Å². The van der Waals surface area contributed by atoms with Gasteiger partial charge < -0.3 is 9.13 Å². The molecule has 2 heterocycles. The van der Waals surface area contributed by atoms with E-state index in [0.29, 0.717) is 33.3 Å². The molecule has 9 aromatic rings. The van der Waals surface area contributed by atoms with E-state index in [1.807, 2.05) is 114 Å². The molecule has 2 nitrogen and oxygen atoms in total. The van der Waals surface area contributed by atoms with Gasteiger partial charge in [-0.05, 0) is 102 Å². The molecular weight excluding hydrogens is 629 g/mol. The van der Waals surface area contributed by atoms with Gasteiger partial charge in [-0.2, -0.15) is 0 Å². The highest BCUT2D eigenvalue weighted by molar-refractivity contribution is 6.21. The van der Waals surface area contributed by atoms with Gasteiger partial charge in [0, 0.05) is 34.5 Å². The van der Waals surface area contributed by atoms with E-state index in [1.165, 1.54) is 0 Å². The van der Waals surface area contributed by atoms with Crippen molar-refractivity contribution in [2.24, 2.45) is 0 Å². The highest BCUT2D eigenvalue weighted by atomic mass is 15.0. The molecule has 0 spiro atoms. The predicted molar refractivity (Wildman–Crippen MR) is 223 cm³/mol. The number of nitrogens with zero attached hydrogens (tertiary/aromatic N) is 2. The third kappa shape index (κ3) is 5.16. The lowest BCUT2D eigenvalue weighted by molar-refractivity contribution is 0.594. The summed E-state index contributed by atoms with van der Waals surface area (Å²) in [5.41, 5.74) is 5.71. The molecule has 0 radical (unpaired) electrons. The fraction of sp³-hybridized carbons (Fsp3) is 0.160. The summed E-state index contributed by atoms with van der Waals surface area (Å²) < 4.78 is 91.1. The van der Waals surface area contributed by atoms with Gasteiger partial charge in [0.2, 0.25) is 0 Å². The molecule has 0 aliphatic heterocycles. The first-order valence-corrected chi connectivity index (χ1v) is 17.6. The van der Waals surface area contributed by atoms with Crippen molar-refractivity contribution in [3.63, 3.8) is 0 Å². The van der Waals surface area contributed by atoms with Crippen molar-refractivity contribution in [1.29, 1.82) is 0 Å². The number of hydrogen-bond donors (Lipinski definition) is 0. The largest absolute Gasteiger partial charge is 0.316 e. The summed E-state index contributed by atoms with van der Waals surface area (Å²) in [6.07, 6.45) is 0.253. The van der Waals surface area contributed by atoms with Crippen LogP contribution in [0.15, 0.2) is 158 Å². The van der Waals surface area contributed by atoms with Crippen molar-refractivity contribution in [3.05, 3.63) is 169 Å². The van der Waals surface area contributed by atoms with Gasteiger partial charge in [0.1, 0.15) is 0 Å². The Morgan fingerprint density at radius 2 is 0.731 bits per heavy atom. The van der Waals surface area contributed by atoms with Gasteiger partial charge in [0.05, 0.1) is 24.7 Å². The maximum atomic E-state index is 9.34. The van der Waals surface area contributed by atoms with Crippen molar-refractivity contribution >= 4 is 43.4 Å². The number of rotatable bonds is 4. The van der Waals surface area contributed by atoms with Crippen LogP contribution in [0.3, 0.4) is 0 Å². The second-order valence-electron chi connectivity index (χ2n) is 15.5. The standard InChI is InChI=1S/C50H44N2/c1-49(2,3)43-31-51(45-21-13-11-19-41(43)45)35-27-23-33(24-28-35)47-37-15-7-9-17-39(37)48(40-18-10-8-16-38(40)47)34-25-29-36(30-26-34)52-32-44(50(4,5)6)42-20-12-14-22-46(42)52/h7-32H,1-6H3/i11D,12D,13D,14D,19D,20D,21D,22D,31D,32D. The molecule has 0 atom stereocenters. The first-order chi connectivity index (χ1) is 29.2. The molecule has 0 fully saturated rings. The summed E-state index contributed by atoms with van der Waals surface area (Å²) >= 11 is 0. The van der Waals surface area contributed by atoms with Crippen molar-refractivity contribution in [3.8, 4) is 33.6 Å². The minimum absolute atomic E-state index is 0.126. The molecule has 9 rings (SSSR count). The molecule has 0 N–H and O–H groups in total. The van der Waals surface area contributed by atoms with Crippen molar-refractivity contribution in [2.75, 3.05) is 0 Å². The van der Waals surface area contributed by atoms with Gasteiger partial charge in [0.15, 0.2) is 0 Å². The smallest absolute Gasteiger partial charge is 0.0826 e. The fourth-order valence-corrected chi connectivity index (χ4v) is 7.53. The van der Waals surface area contributed by atoms with Crippen LogP contribution in [0, 0.1) is 0 Å². The predicted octanol–water partition coefficient (Wildman–Crippen LogP) is 13.8. The molecule has 0 aliphatic carbocycles. The second-order valence-corrected chi connectivity index (χ2v) is 15.5. The van der Waals surface area contributed by atoms with Gasteiger partial charge in [0.25, 0.3) is 0 Å². The summed E-state index contributed by atoms with van der Waals surface area (Å²) in [5.74, 6) is 0. The van der Waals surface area contributed by atoms with Crippen LogP contribution in [0.5, 0.6) is 0 Å². The monoisotopic (exact) mass is 682 g/mol. The first kappa shape index (κ1) is 22.9. The van der Waals surface area contributed by atoms with Crippen molar-refractivity contribution in [1.82, 2.24) is 9.13 Å². The minimum Gasteiger partial charge on any atom is -0.316 e. The van der Waals surface area contributed by atoms with Crippen LogP contribution in [0.2, 0.25) is 0 Å². The van der Waals surface area contributed by atoms with Gasteiger partial charge in [-0.1, -0.05) is 151 Å². The lowest BCUT2D eigenvalue weighted by Gasteiger charge is -2.18. The third-order valence-electron chi connectivity index (χ3n) is 9.99. The van der Waals surface area contributed by atoms with Crippen LogP contribution in [0.4, 0.5) is 0 Å². The fourth-order valence-electron chi connectivity index (χ4n) is 7.53. The van der Waals surface area contributed by atoms with Crippen LogP contribution in [-0.2, 0) is 10.8 Å². The Balaban J connectivity index is 1.21. The topological polar surface area (TPSA) is 9.86 Å². The Bertz CT molecular complexity index is 3070. The van der Waals surface area contributed by atoms with Crippen LogP contribution in [-0.4, -0.2) is 9.13 Å². The molecule has 0 unspecified atom stereocenters. The molecule has 254 valence electrons. The quantitative estimate of drug-likeness (QED) is 0.164. The zero-order chi connectivity index (χ0) is 44.5. The lowest BCUT2D eigenvalue weighted by Crippen LogP contribution is -2.10. The van der Waals surface area contributed by atoms with E-state index < -0.39 is 10.8 Å². The Labute approximate surface area is 320 Å². The van der Waals surface area contributed by atoms with E-state index >= 15 is 0 Å². The molecule has 0 aliphatic rings. The average molecular weight is 683 g/mol. The van der Waals surface area contributed by atoms with Crippen LogP contribution in [0.1, 0.15) is 66.4 Å². The van der Waals surface area contributed by atoms with E-state index in [4.69, 9.17) is 11.0 Å². The molecule has 0 amide bonds. The molecular formula is C50H44N2. The highest BCUT2D eigenvalue weighted by Gasteiger charge is 2.23. The van der Waals surface area contributed by atoms with Crippen LogP contribution >= 0.6 is 0 Å². The van der Waals surface area contributed by atoms with Gasteiger partial charge in [-0.3, -0.25) is 0 Å². The lowest BCUT2D eigenvalue weighted by atomic mass is 9.86. The number of fused-ring (bicyclic) bond motifs is 4. The van der Waals surface area contributed by atoms with E-state index in [2.05, 4.69) is 24.3 Å². The first-order valence-electron chi connectivity index (χ1n) is 22.6. The van der Waals surface area contributed by atoms with Gasteiger partial charge in [-0.15, -0.1) is 0 Å². The van der Waals surface area contributed by atoms with E-state index in [9.17, 15) is 2.74 Å². The molecule has 52 heavy (non-hydrogen) atoms. The number of para-hydroxylation sites is 2. The normalized spacial score (nSPS) is 15.1. The van der Waals surface area contributed by atoms with E-state index in [0.717, 1.165) is 43.8 Å². The summed E-state index contributed by atoms with van der Waals surface area (Å²) in [5, 5.41) is 4.80. The number of hydrogen-bond acceptors (Lipinski definition) is 0. The number of benzene rings is 7. The molecule has 0 saturated carbocycles. The maximum absolute atomic E-state index is 9.34. The Hall–Kier alpha value is -5.86. The van der Waals surface area contributed by atoms with Gasteiger partial charge in [-0.25, -0.2) is 0 Å². The average Bonchev–Trinajstić information content (AvgIpc) is 3.74. The summed E-state index contributed by atoms with van der Waals surface area (Å²) in [4.78, 5) is 0. The summed E-state index contributed by atoms with van der Waals surface area (Å²) in [7, 11) is 0. The Morgan fingerprint density at radius 1 is 0.404 bits per heavy atom. The molecule has 2 aromatic heterocycles. The zero-order valence-corrected chi connectivity index (χ0v) is 30.1. The van der Waals surface area contributed by atoms with Crippen molar-refractivity contribution < 1.29 is 13.7 Å². The van der Waals surface area contributed by atoms with Crippen LogP contribution in [0.25, 0.3) is 77.0 Å². The van der Waals surface area contributed by atoms with Crippen LogP contribution < -0.4 is 0 Å². The maximum Gasteiger partial charge on any atom is 0.0826 e. The highest BCUT2D eigenvalue weighted by Crippen LogP contribution is 2.44. The summed E-state index contributed by atoms with van der Waals surface area (Å²) in [6.45, 7) is 11.7. The molecule has 7 aromatic carbocycles.